The number of piperazine rings is 1. The maximum absolute atomic E-state index is 14.4. The lowest BCUT2D eigenvalue weighted by Gasteiger charge is -2.41. The Balaban J connectivity index is 1.74. The maximum atomic E-state index is 14.4. The fourth-order valence-corrected chi connectivity index (χ4v) is 3.50. The van der Waals surface area contributed by atoms with Gasteiger partial charge in [0, 0.05) is 57.8 Å². The Morgan fingerprint density at radius 1 is 1.04 bits per heavy atom. The molecule has 0 spiro atoms. The standard InChI is InChI=1S/C18H34F2N4O/c1-14(2)17(25)21-16-5-6-23(13-18(16,19)20)8-7-22-9-11-24(12-10-22)15(3)4/h14-16H,5-13H2,1-4H3,(H,21,25). The number of carbonyl (C=O) groups is 1. The van der Waals surface area contributed by atoms with E-state index in [2.05, 4.69) is 29.0 Å². The Kier molecular flexibility index (Phi) is 7.17. The highest BCUT2D eigenvalue weighted by Gasteiger charge is 2.45. The van der Waals surface area contributed by atoms with Crippen molar-refractivity contribution in [2.45, 2.75) is 52.1 Å². The average molecular weight is 360 g/mol. The third-order valence-corrected chi connectivity index (χ3v) is 5.39. The minimum Gasteiger partial charge on any atom is -0.347 e. The summed E-state index contributed by atoms with van der Waals surface area (Å²) < 4.78 is 28.7. The van der Waals surface area contributed by atoms with Gasteiger partial charge >= 0.3 is 0 Å². The Labute approximate surface area is 150 Å². The number of alkyl halides is 2. The van der Waals surface area contributed by atoms with Crippen molar-refractivity contribution in [3.05, 3.63) is 0 Å². The second kappa shape index (κ2) is 8.73. The van der Waals surface area contributed by atoms with Gasteiger partial charge in [-0.3, -0.25) is 19.5 Å². The quantitative estimate of drug-likeness (QED) is 0.779. The van der Waals surface area contributed by atoms with Gasteiger partial charge in [-0.25, -0.2) is 8.78 Å². The Morgan fingerprint density at radius 2 is 1.64 bits per heavy atom. The highest BCUT2D eigenvalue weighted by atomic mass is 19.3. The van der Waals surface area contributed by atoms with Gasteiger partial charge in [0.25, 0.3) is 5.92 Å². The Bertz CT molecular complexity index is 437. The second-order valence-electron chi connectivity index (χ2n) is 8.01. The normalized spacial score (nSPS) is 26.3. The van der Waals surface area contributed by atoms with Crippen LogP contribution < -0.4 is 5.32 Å². The molecule has 1 N–H and O–H groups in total. The van der Waals surface area contributed by atoms with Gasteiger partial charge in [0.1, 0.15) is 0 Å². The molecule has 0 aromatic carbocycles. The molecule has 1 amide bonds. The van der Waals surface area contributed by atoms with Gasteiger partial charge in [-0.2, -0.15) is 0 Å². The molecule has 0 bridgehead atoms. The maximum Gasteiger partial charge on any atom is 0.280 e. The van der Waals surface area contributed by atoms with Crippen LogP contribution in [0.5, 0.6) is 0 Å². The first kappa shape index (κ1) is 20.5. The van der Waals surface area contributed by atoms with E-state index in [1.807, 2.05) is 4.90 Å². The lowest BCUT2D eigenvalue weighted by Crippen LogP contribution is -2.59. The van der Waals surface area contributed by atoms with Crippen molar-refractivity contribution in [3.8, 4) is 0 Å². The molecule has 5 nitrogen and oxygen atoms in total. The van der Waals surface area contributed by atoms with E-state index >= 15 is 0 Å². The van der Waals surface area contributed by atoms with E-state index in [1.54, 1.807) is 13.8 Å². The van der Waals surface area contributed by atoms with Crippen LogP contribution in [-0.4, -0.2) is 91.0 Å². The Morgan fingerprint density at radius 3 is 2.16 bits per heavy atom. The lowest BCUT2D eigenvalue weighted by molar-refractivity contribution is -0.133. The van der Waals surface area contributed by atoms with Gasteiger partial charge in [0.05, 0.1) is 12.6 Å². The van der Waals surface area contributed by atoms with Gasteiger partial charge in [0.2, 0.25) is 5.91 Å². The molecular weight excluding hydrogens is 326 g/mol. The van der Waals surface area contributed by atoms with Gasteiger partial charge in [-0.05, 0) is 20.3 Å². The molecular formula is C18H34F2N4O. The number of nitrogens with one attached hydrogen (secondary N) is 1. The monoisotopic (exact) mass is 360 g/mol. The lowest BCUT2D eigenvalue weighted by atomic mass is 9.99. The molecule has 0 aromatic heterocycles. The number of amides is 1. The van der Waals surface area contributed by atoms with E-state index in [1.165, 1.54) is 0 Å². The van der Waals surface area contributed by atoms with Gasteiger partial charge < -0.3 is 5.32 Å². The minimum absolute atomic E-state index is 0.262. The van der Waals surface area contributed by atoms with Crippen molar-refractivity contribution in [1.29, 1.82) is 0 Å². The first-order chi connectivity index (χ1) is 11.7. The van der Waals surface area contributed by atoms with Crippen molar-refractivity contribution < 1.29 is 13.6 Å². The summed E-state index contributed by atoms with van der Waals surface area (Å²) in [5, 5.41) is 2.52. The van der Waals surface area contributed by atoms with E-state index in [0.717, 1.165) is 32.7 Å². The van der Waals surface area contributed by atoms with E-state index in [4.69, 9.17) is 0 Å². The smallest absolute Gasteiger partial charge is 0.280 e. The first-order valence-corrected chi connectivity index (χ1v) is 9.56. The van der Waals surface area contributed by atoms with Gasteiger partial charge in [-0.1, -0.05) is 13.8 Å². The highest BCUT2D eigenvalue weighted by molar-refractivity contribution is 5.78. The number of hydrogen-bond acceptors (Lipinski definition) is 4. The van der Waals surface area contributed by atoms with E-state index in [0.29, 0.717) is 25.6 Å². The minimum atomic E-state index is -2.86. The van der Waals surface area contributed by atoms with Crippen LogP contribution in [0.25, 0.3) is 0 Å². The van der Waals surface area contributed by atoms with E-state index < -0.39 is 12.0 Å². The van der Waals surface area contributed by atoms with Crippen LogP contribution in [0.3, 0.4) is 0 Å². The molecule has 2 aliphatic heterocycles. The molecule has 2 heterocycles. The molecule has 25 heavy (non-hydrogen) atoms. The number of hydrogen-bond donors (Lipinski definition) is 1. The summed E-state index contributed by atoms with van der Waals surface area (Å²) in [5.74, 6) is -3.42. The summed E-state index contributed by atoms with van der Waals surface area (Å²) in [4.78, 5) is 18.4. The highest BCUT2D eigenvalue weighted by Crippen LogP contribution is 2.27. The molecule has 0 aromatic rings. The van der Waals surface area contributed by atoms with Crippen LogP contribution in [0.1, 0.15) is 34.1 Å². The summed E-state index contributed by atoms with van der Waals surface area (Å²) in [6.45, 7) is 13.8. The fraction of sp³-hybridized carbons (Fsp3) is 0.944. The molecule has 0 aliphatic carbocycles. The molecule has 1 atom stereocenters. The molecule has 146 valence electrons. The van der Waals surface area contributed by atoms with Crippen LogP contribution in [-0.2, 0) is 4.79 Å². The van der Waals surface area contributed by atoms with Crippen molar-refractivity contribution in [2.75, 3.05) is 52.4 Å². The number of piperidine rings is 1. The van der Waals surface area contributed by atoms with Crippen LogP contribution in [0.4, 0.5) is 8.78 Å². The number of likely N-dealkylation sites (tertiary alicyclic amines) is 1. The number of halogens is 2. The Hall–Kier alpha value is -0.790. The van der Waals surface area contributed by atoms with Crippen molar-refractivity contribution in [3.63, 3.8) is 0 Å². The van der Waals surface area contributed by atoms with Crippen LogP contribution >= 0.6 is 0 Å². The van der Waals surface area contributed by atoms with Crippen molar-refractivity contribution in [1.82, 2.24) is 20.0 Å². The van der Waals surface area contributed by atoms with E-state index in [-0.39, 0.29) is 18.4 Å². The summed E-state index contributed by atoms with van der Waals surface area (Å²) in [6.07, 6.45) is 0.312. The SMILES string of the molecule is CC(C)C(=O)NC1CCN(CCN2CCN(C(C)C)CC2)CC1(F)F. The largest absolute Gasteiger partial charge is 0.347 e. The van der Waals surface area contributed by atoms with Crippen LogP contribution in [0.15, 0.2) is 0 Å². The zero-order chi connectivity index (χ0) is 18.6. The summed E-state index contributed by atoms with van der Waals surface area (Å²) in [7, 11) is 0. The molecule has 2 rings (SSSR count). The molecule has 7 heteroatoms. The van der Waals surface area contributed by atoms with Crippen molar-refractivity contribution >= 4 is 5.91 Å². The third-order valence-electron chi connectivity index (χ3n) is 5.39. The zero-order valence-corrected chi connectivity index (χ0v) is 16.1. The molecule has 0 radical (unpaired) electrons. The molecule has 2 fully saturated rings. The molecule has 1 unspecified atom stereocenters. The molecule has 2 saturated heterocycles. The average Bonchev–Trinajstić information content (AvgIpc) is 2.55. The first-order valence-electron chi connectivity index (χ1n) is 9.56. The molecule has 2 aliphatic rings. The van der Waals surface area contributed by atoms with Gasteiger partial charge in [0.15, 0.2) is 0 Å². The summed E-state index contributed by atoms with van der Waals surface area (Å²) >= 11 is 0. The number of rotatable bonds is 6. The predicted molar refractivity (Wildman–Crippen MR) is 95.9 cm³/mol. The second-order valence-corrected chi connectivity index (χ2v) is 8.01. The van der Waals surface area contributed by atoms with Crippen molar-refractivity contribution in [2.24, 2.45) is 5.92 Å². The topological polar surface area (TPSA) is 38.8 Å². The third kappa shape index (κ3) is 5.86. The van der Waals surface area contributed by atoms with Crippen LogP contribution in [0, 0.1) is 5.92 Å². The zero-order valence-electron chi connectivity index (χ0n) is 16.1. The fourth-order valence-electron chi connectivity index (χ4n) is 3.50. The summed E-state index contributed by atoms with van der Waals surface area (Å²) in [5.41, 5.74) is 0. The number of carbonyl (C=O) groups excluding carboxylic acids is 1. The summed E-state index contributed by atoms with van der Waals surface area (Å²) in [6, 6.07) is -0.464. The van der Waals surface area contributed by atoms with Crippen LogP contribution in [0.2, 0.25) is 0 Å². The predicted octanol–water partition coefficient (Wildman–Crippen LogP) is 1.49. The molecule has 0 saturated carbocycles. The number of nitrogens with zero attached hydrogens (tertiary/aromatic N) is 3. The van der Waals surface area contributed by atoms with E-state index in [9.17, 15) is 13.6 Å². The van der Waals surface area contributed by atoms with Gasteiger partial charge in [-0.15, -0.1) is 0 Å².